The summed E-state index contributed by atoms with van der Waals surface area (Å²) in [5.74, 6) is -0.122. The van der Waals surface area contributed by atoms with Crippen molar-refractivity contribution >= 4 is 0 Å². The fourth-order valence-electron chi connectivity index (χ4n) is 3.67. The molecule has 1 aliphatic carbocycles. The van der Waals surface area contributed by atoms with Gasteiger partial charge in [0.05, 0.1) is 19.3 Å². The third-order valence-electron chi connectivity index (χ3n) is 5.38. The lowest BCUT2D eigenvalue weighted by atomic mass is 9.78. The number of aryl methyl sites for hydroxylation is 1. The fraction of sp³-hybridized carbons (Fsp3) is 0.333. The Bertz CT molecular complexity index is 1080. The van der Waals surface area contributed by atoms with Crippen LogP contribution in [0.3, 0.4) is 0 Å². The van der Waals surface area contributed by atoms with Crippen LogP contribution in [-0.4, -0.2) is 34.6 Å². The van der Waals surface area contributed by atoms with Crippen molar-refractivity contribution in [2.45, 2.75) is 31.0 Å². The van der Waals surface area contributed by atoms with Crippen molar-refractivity contribution in [2.75, 3.05) is 13.7 Å². The number of rotatable bonds is 4. The second-order valence-corrected chi connectivity index (χ2v) is 7.51. The Hall–Kier alpha value is -2.91. The van der Waals surface area contributed by atoms with Gasteiger partial charge in [-0.25, -0.2) is 0 Å². The third kappa shape index (κ3) is 3.78. The minimum absolute atomic E-state index is 0.0283. The van der Waals surface area contributed by atoms with Gasteiger partial charge in [0.15, 0.2) is 0 Å². The van der Waals surface area contributed by atoms with Crippen LogP contribution in [0.5, 0.6) is 5.75 Å². The molecule has 0 saturated heterocycles. The van der Waals surface area contributed by atoms with E-state index >= 15 is 0 Å². The Morgan fingerprint density at radius 1 is 1.10 bits per heavy atom. The van der Waals surface area contributed by atoms with Crippen molar-refractivity contribution < 1.29 is 27.4 Å². The normalized spacial score (nSPS) is 18.9. The summed E-state index contributed by atoms with van der Waals surface area (Å²) >= 11 is 0. The van der Waals surface area contributed by atoms with Crippen molar-refractivity contribution in [3.8, 4) is 28.7 Å². The highest BCUT2D eigenvalue weighted by Gasteiger charge is 2.35. The molecule has 0 spiro atoms. The summed E-state index contributed by atoms with van der Waals surface area (Å²) in [6, 6.07) is 9.22. The van der Waals surface area contributed by atoms with Gasteiger partial charge < -0.3 is 20.0 Å². The number of alkyl halides is 3. The van der Waals surface area contributed by atoms with Crippen LogP contribution in [0.1, 0.15) is 23.1 Å². The number of ether oxygens (including phenoxy) is 1. The number of nitrogens with two attached hydrogens (primary N) is 1. The van der Waals surface area contributed by atoms with E-state index in [0.29, 0.717) is 18.4 Å². The number of aliphatic hydroxyl groups excluding tert-OH is 1. The molecule has 0 aliphatic heterocycles. The molecule has 1 atom stereocenters. The lowest BCUT2D eigenvalue weighted by Gasteiger charge is -2.33. The van der Waals surface area contributed by atoms with Crippen molar-refractivity contribution in [1.82, 2.24) is 10.2 Å². The van der Waals surface area contributed by atoms with Gasteiger partial charge >= 0.3 is 6.18 Å². The quantitative estimate of drug-likeness (QED) is 0.671. The van der Waals surface area contributed by atoms with Crippen LogP contribution in [0.4, 0.5) is 13.2 Å². The monoisotopic (exact) mass is 419 g/mol. The summed E-state index contributed by atoms with van der Waals surface area (Å²) in [6.07, 6.45) is -2.61. The fourth-order valence-corrected chi connectivity index (χ4v) is 3.67. The Morgan fingerprint density at radius 2 is 1.77 bits per heavy atom. The predicted octanol–water partition coefficient (Wildman–Crippen LogP) is 3.61. The zero-order chi connectivity index (χ0) is 21.5. The molecule has 2 aromatic carbocycles. The van der Waals surface area contributed by atoms with Gasteiger partial charge in [-0.05, 0) is 60.7 Å². The predicted molar refractivity (Wildman–Crippen MR) is 103 cm³/mol. The first-order valence-corrected chi connectivity index (χ1v) is 9.33. The molecule has 0 saturated carbocycles. The van der Waals surface area contributed by atoms with Gasteiger partial charge in [0.1, 0.15) is 5.75 Å². The Labute approximate surface area is 170 Å². The van der Waals surface area contributed by atoms with Crippen LogP contribution < -0.4 is 10.5 Å². The van der Waals surface area contributed by atoms with Crippen molar-refractivity contribution in [1.29, 1.82) is 0 Å². The number of halogens is 3. The average molecular weight is 419 g/mol. The topological polar surface area (TPSA) is 94.4 Å². The van der Waals surface area contributed by atoms with Gasteiger partial charge in [0.25, 0.3) is 0 Å². The molecular formula is C21H20F3N3O3. The van der Waals surface area contributed by atoms with Crippen molar-refractivity contribution in [3.05, 3.63) is 53.1 Å². The van der Waals surface area contributed by atoms with Gasteiger partial charge in [-0.2, -0.15) is 13.2 Å². The summed E-state index contributed by atoms with van der Waals surface area (Å²) in [4.78, 5) is 0. The second kappa shape index (κ2) is 7.41. The lowest BCUT2D eigenvalue weighted by molar-refractivity contribution is -0.138. The van der Waals surface area contributed by atoms with Gasteiger partial charge in [-0.15, -0.1) is 10.2 Å². The molecule has 0 unspecified atom stereocenters. The number of methoxy groups -OCH3 is 1. The standard InChI is InChI=1S/C21H20F3N3O3/c1-29-17-5-4-14(9-16(17)21(22,23)24)19-27-26-18(30-19)13-3-2-12-6-7-20(25,11-28)10-15(12)8-13/h2-5,8-9,28H,6-7,10-11,25H2,1H3/t20-/m0/s1. The molecule has 6 nitrogen and oxygen atoms in total. The first-order valence-electron chi connectivity index (χ1n) is 9.33. The van der Waals surface area contributed by atoms with E-state index in [1.165, 1.54) is 19.2 Å². The summed E-state index contributed by atoms with van der Waals surface area (Å²) in [5, 5.41) is 17.5. The minimum Gasteiger partial charge on any atom is -0.496 e. The van der Waals surface area contributed by atoms with Crippen molar-refractivity contribution in [3.63, 3.8) is 0 Å². The molecule has 4 rings (SSSR count). The maximum atomic E-state index is 13.3. The molecular weight excluding hydrogens is 399 g/mol. The number of nitrogens with zero attached hydrogens (tertiary/aromatic N) is 2. The van der Waals surface area contributed by atoms with Crippen LogP contribution >= 0.6 is 0 Å². The van der Waals surface area contributed by atoms with Crippen molar-refractivity contribution in [2.24, 2.45) is 5.73 Å². The molecule has 0 fully saturated rings. The molecule has 3 aromatic rings. The first-order chi connectivity index (χ1) is 14.2. The van der Waals surface area contributed by atoms with Gasteiger partial charge in [-0.1, -0.05) is 6.07 Å². The molecule has 0 amide bonds. The highest BCUT2D eigenvalue weighted by molar-refractivity contribution is 5.61. The van der Waals surface area contributed by atoms with Crippen LogP contribution in [0.15, 0.2) is 40.8 Å². The molecule has 1 heterocycles. The van der Waals surface area contributed by atoms with E-state index in [2.05, 4.69) is 10.2 Å². The van der Waals surface area contributed by atoms with E-state index in [1.807, 2.05) is 18.2 Å². The third-order valence-corrected chi connectivity index (χ3v) is 5.38. The SMILES string of the molecule is COc1ccc(-c2nnc(-c3ccc4c(c3)C[C@](N)(CO)CC4)o2)cc1C(F)(F)F. The number of aliphatic hydroxyl groups is 1. The summed E-state index contributed by atoms with van der Waals surface area (Å²) in [7, 11) is 1.18. The van der Waals surface area contributed by atoms with E-state index in [0.717, 1.165) is 23.6 Å². The number of fused-ring (bicyclic) bond motifs is 1. The molecule has 0 radical (unpaired) electrons. The molecule has 1 aliphatic rings. The molecule has 0 bridgehead atoms. The maximum absolute atomic E-state index is 13.3. The van der Waals surface area contributed by atoms with E-state index in [9.17, 15) is 18.3 Å². The zero-order valence-electron chi connectivity index (χ0n) is 16.2. The summed E-state index contributed by atoms with van der Waals surface area (Å²) in [6.45, 7) is -0.111. The number of hydrogen-bond acceptors (Lipinski definition) is 6. The van der Waals surface area contributed by atoms with Gasteiger partial charge in [0.2, 0.25) is 11.8 Å². The minimum atomic E-state index is -4.58. The largest absolute Gasteiger partial charge is 0.496 e. The van der Waals surface area contributed by atoms with E-state index in [1.54, 1.807) is 0 Å². The number of benzene rings is 2. The smallest absolute Gasteiger partial charge is 0.419 e. The van der Waals surface area contributed by atoms with Crippen LogP contribution in [0, 0.1) is 0 Å². The second-order valence-electron chi connectivity index (χ2n) is 7.51. The highest BCUT2D eigenvalue weighted by atomic mass is 19.4. The summed E-state index contributed by atoms with van der Waals surface area (Å²) < 4.78 is 50.3. The Balaban J connectivity index is 1.67. The Kier molecular flexibility index (Phi) is 5.03. The average Bonchev–Trinajstić information content (AvgIpc) is 3.22. The van der Waals surface area contributed by atoms with E-state index in [4.69, 9.17) is 14.9 Å². The molecule has 158 valence electrons. The first kappa shape index (κ1) is 20.4. The van der Waals surface area contributed by atoms with Crippen LogP contribution in [0.25, 0.3) is 22.9 Å². The van der Waals surface area contributed by atoms with Gasteiger partial charge in [-0.3, -0.25) is 0 Å². The Morgan fingerprint density at radius 3 is 2.40 bits per heavy atom. The maximum Gasteiger partial charge on any atom is 0.419 e. The summed E-state index contributed by atoms with van der Waals surface area (Å²) in [5.41, 5.74) is 7.53. The van der Waals surface area contributed by atoms with Gasteiger partial charge in [0, 0.05) is 16.7 Å². The van der Waals surface area contributed by atoms with E-state index < -0.39 is 17.3 Å². The molecule has 1 aromatic heterocycles. The highest BCUT2D eigenvalue weighted by Crippen LogP contribution is 2.39. The molecule has 3 N–H and O–H groups in total. The van der Waals surface area contributed by atoms with Crippen LogP contribution in [0.2, 0.25) is 0 Å². The molecule has 9 heteroatoms. The number of hydrogen-bond donors (Lipinski definition) is 2. The zero-order valence-corrected chi connectivity index (χ0v) is 16.2. The molecule has 30 heavy (non-hydrogen) atoms. The lowest BCUT2D eigenvalue weighted by Crippen LogP contribution is -2.48. The van der Waals surface area contributed by atoms with Crippen LogP contribution in [-0.2, 0) is 19.0 Å². The number of aromatic nitrogens is 2. The van der Waals surface area contributed by atoms with E-state index in [-0.39, 0.29) is 29.7 Å².